The first-order valence-corrected chi connectivity index (χ1v) is 4.67. The van der Waals surface area contributed by atoms with Crippen molar-refractivity contribution in [2.75, 3.05) is 20.2 Å². The Morgan fingerprint density at radius 1 is 1.57 bits per heavy atom. The van der Waals surface area contributed by atoms with Crippen LogP contribution < -0.4 is 0 Å². The first-order chi connectivity index (χ1) is 6.59. The van der Waals surface area contributed by atoms with Gasteiger partial charge in [-0.2, -0.15) is 0 Å². The normalized spacial score (nSPS) is 20.8. The molecule has 1 amide bonds. The number of aliphatic carboxylic acids is 1. The fourth-order valence-corrected chi connectivity index (χ4v) is 1.45. The third-order valence-electron chi connectivity index (χ3n) is 2.22. The molecule has 0 radical (unpaired) electrons. The lowest BCUT2D eigenvalue weighted by molar-refractivity contribution is -0.144. The monoisotopic (exact) mass is 201 g/mol. The van der Waals surface area contributed by atoms with Gasteiger partial charge in [-0.15, -0.1) is 0 Å². The lowest BCUT2D eigenvalue weighted by Crippen LogP contribution is -2.33. The summed E-state index contributed by atoms with van der Waals surface area (Å²) in [6.45, 7) is 0.464. The van der Waals surface area contributed by atoms with Gasteiger partial charge in [0.1, 0.15) is 6.54 Å². The predicted octanol–water partition coefficient (Wildman–Crippen LogP) is 0.0985. The number of amides is 1. The van der Waals surface area contributed by atoms with E-state index in [2.05, 4.69) is 0 Å². The molecule has 80 valence electrons. The molecule has 0 bridgehead atoms. The van der Waals surface area contributed by atoms with Crippen molar-refractivity contribution < 1.29 is 19.4 Å². The zero-order valence-corrected chi connectivity index (χ0v) is 8.23. The number of nitrogens with zero attached hydrogens (tertiary/aromatic N) is 1. The number of carboxylic acid groups (broad SMARTS) is 1. The van der Waals surface area contributed by atoms with Crippen molar-refractivity contribution in [3.63, 3.8) is 0 Å². The van der Waals surface area contributed by atoms with E-state index < -0.39 is 5.97 Å². The van der Waals surface area contributed by atoms with Gasteiger partial charge in [-0.25, -0.2) is 0 Å². The van der Waals surface area contributed by atoms with Crippen LogP contribution in [0.5, 0.6) is 0 Å². The van der Waals surface area contributed by atoms with E-state index in [1.165, 1.54) is 11.9 Å². The summed E-state index contributed by atoms with van der Waals surface area (Å²) in [6.07, 6.45) is 2.16. The Bertz CT molecular complexity index is 223. The quantitative estimate of drug-likeness (QED) is 0.700. The average Bonchev–Trinajstić information content (AvgIpc) is 2.55. The Balaban J connectivity index is 2.29. The van der Waals surface area contributed by atoms with Gasteiger partial charge in [0.15, 0.2) is 0 Å². The van der Waals surface area contributed by atoms with Gasteiger partial charge in [0, 0.05) is 13.7 Å². The number of ether oxygens (including phenoxy) is 1. The topological polar surface area (TPSA) is 66.8 Å². The van der Waals surface area contributed by atoms with Crippen molar-refractivity contribution in [2.45, 2.75) is 25.4 Å². The Hall–Kier alpha value is -1.10. The van der Waals surface area contributed by atoms with Gasteiger partial charge in [0.25, 0.3) is 0 Å². The molecule has 1 aliphatic rings. The molecule has 1 unspecified atom stereocenters. The molecule has 1 saturated heterocycles. The van der Waals surface area contributed by atoms with Crippen LogP contribution in [0.1, 0.15) is 19.3 Å². The van der Waals surface area contributed by atoms with Crippen molar-refractivity contribution >= 4 is 11.9 Å². The third-order valence-corrected chi connectivity index (χ3v) is 2.22. The Labute approximate surface area is 82.6 Å². The van der Waals surface area contributed by atoms with Gasteiger partial charge in [0.05, 0.1) is 12.5 Å². The van der Waals surface area contributed by atoms with Gasteiger partial charge < -0.3 is 14.7 Å². The number of carboxylic acids is 1. The van der Waals surface area contributed by atoms with Crippen LogP contribution in [0.3, 0.4) is 0 Å². The molecule has 14 heavy (non-hydrogen) atoms. The lowest BCUT2D eigenvalue weighted by Gasteiger charge is -2.16. The standard InChI is InChI=1S/C9H15NO4/c1-10(6-9(12)13)8(11)5-7-3-2-4-14-7/h7H,2-6H2,1H3,(H,12,13). The van der Waals surface area contributed by atoms with E-state index in [-0.39, 0.29) is 18.6 Å². The second-order valence-electron chi connectivity index (χ2n) is 3.48. The number of hydrogen-bond acceptors (Lipinski definition) is 3. The summed E-state index contributed by atoms with van der Waals surface area (Å²) in [4.78, 5) is 23.0. The molecule has 0 aromatic rings. The zero-order chi connectivity index (χ0) is 10.6. The number of likely N-dealkylation sites (N-methyl/N-ethyl adjacent to an activating group) is 1. The second-order valence-corrected chi connectivity index (χ2v) is 3.48. The van der Waals surface area contributed by atoms with Crippen molar-refractivity contribution in [1.29, 1.82) is 0 Å². The summed E-state index contributed by atoms with van der Waals surface area (Å²) in [5.74, 6) is -1.16. The van der Waals surface area contributed by atoms with Crippen LogP contribution in [0.15, 0.2) is 0 Å². The minimum absolute atomic E-state index is 0.0151. The fourth-order valence-electron chi connectivity index (χ4n) is 1.45. The predicted molar refractivity (Wildman–Crippen MR) is 48.9 cm³/mol. The molecule has 1 rings (SSSR count). The molecular weight excluding hydrogens is 186 g/mol. The molecule has 5 nitrogen and oxygen atoms in total. The van der Waals surface area contributed by atoms with E-state index in [0.717, 1.165) is 12.8 Å². The maximum Gasteiger partial charge on any atom is 0.323 e. The van der Waals surface area contributed by atoms with Crippen LogP contribution in [0.25, 0.3) is 0 Å². The van der Waals surface area contributed by atoms with Crippen molar-refractivity contribution in [3.05, 3.63) is 0 Å². The highest BCUT2D eigenvalue weighted by Gasteiger charge is 2.21. The molecule has 0 aliphatic carbocycles. The summed E-state index contributed by atoms with van der Waals surface area (Å²) in [6, 6.07) is 0. The number of hydrogen-bond donors (Lipinski definition) is 1. The van der Waals surface area contributed by atoms with Crippen LogP contribution >= 0.6 is 0 Å². The largest absolute Gasteiger partial charge is 0.480 e. The molecule has 5 heteroatoms. The highest BCUT2D eigenvalue weighted by molar-refractivity contribution is 5.81. The average molecular weight is 201 g/mol. The number of carbonyl (C=O) groups excluding carboxylic acids is 1. The highest BCUT2D eigenvalue weighted by atomic mass is 16.5. The SMILES string of the molecule is CN(CC(=O)O)C(=O)CC1CCCO1. The van der Waals surface area contributed by atoms with E-state index in [4.69, 9.17) is 9.84 Å². The smallest absolute Gasteiger partial charge is 0.323 e. The maximum atomic E-state index is 11.4. The van der Waals surface area contributed by atoms with E-state index in [9.17, 15) is 9.59 Å². The van der Waals surface area contributed by atoms with Crippen LogP contribution in [-0.4, -0.2) is 48.2 Å². The van der Waals surface area contributed by atoms with Gasteiger partial charge in [-0.05, 0) is 12.8 Å². The Kier molecular flexibility index (Phi) is 3.88. The van der Waals surface area contributed by atoms with Crippen molar-refractivity contribution in [1.82, 2.24) is 4.90 Å². The minimum atomic E-state index is -0.992. The van der Waals surface area contributed by atoms with E-state index in [1.54, 1.807) is 0 Å². The second kappa shape index (κ2) is 4.95. The van der Waals surface area contributed by atoms with Gasteiger partial charge in [0.2, 0.25) is 5.91 Å². The van der Waals surface area contributed by atoms with E-state index >= 15 is 0 Å². The molecule has 0 spiro atoms. The summed E-state index contributed by atoms with van der Waals surface area (Å²) in [7, 11) is 1.49. The Morgan fingerprint density at radius 2 is 2.29 bits per heavy atom. The van der Waals surface area contributed by atoms with Crippen LogP contribution in [0.2, 0.25) is 0 Å². The summed E-state index contributed by atoms with van der Waals surface area (Å²) in [5, 5.41) is 8.47. The third kappa shape index (κ3) is 3.33. The zero-order valence-electron chi connectivity index (χ0n) is 8.23. The van der Waals surface area contributed by atoms with E-state index in [1.807, 2.05) is 0 Å². The van der Waals surface area contributed by atoms with Crippen molar-refractivity contribution in [3.8, 4) is 0 Å². The fraction of sp³-hybridized carbons (Fsp3) is 0.778. The number of carbonyl (C=O) groups is 2. The first kappa shape index (κ1) is 11.0. The lowest BCUT2D eigenvalue weighted by atomic mass is 10.1. The molecule has 1 heterocycles. The summed E-state index contributed by atoms with van der Waals surface area (Å²) < 4.78 is 5.28. The summed E-state index contributed by atoms with van der Waals surface area (Å²) in [5.41, 5.74) is 0. The van der Waals surface area contributed by atoms with Crippen LogP contribution in [0, 0.1) is 0 Å². The molecule has 1 aliphatic heterocycles. The molecular formula is C9H15NO4. The van der Waals surface area contributed by atoms with Crippen LogP contribution in [0.4, 0.5) is 0 Å². The van der Waals surface area contributed by atoms with Crippen LogP contribution in [-0.2, 0) is 14.3 Å². The highest BCUT2D eigenvalue weighted by Crippen LogP contribution is 2.15. The van der Waals surface area contributed by atoms with E-state index in [0.29, 0.717) is 13.0 Å². The molecule has 1 N–H and O–H groups in total. The van der Waals surface area contributed by atoms with Gasteiger partial charge >= 0.3 is 5.97 Å². The molecule has 0 aromatic carbocycles. The molecule has 0 saturated carbocycles. The first-order valence-electron chi connectivity index (χ1n) is 4.67. The summed E-state index contributed by atoms with van der Waals surface area (Å²) >= 11 is 0. The minimum Gasteiger partial charge on any atom is -0.480 e. The van der Waals surface area contributed by atoms with Crippen molar-refractivity contribution in [2.24, 2.45) is 0 Å². The maximum absolute atomic E-state index is 11.4. The van der Waals surface area contributed by atoms with Gasteiger partial charge in [-0.3, -0.25) is 9.59 Å². The number of rotatable bonds is 4. The molecule has 0 aromatic heterocycles. The molecule has 1 fully saturated rings. The molecule has 1 atom stereocenters. The Morgan fingerprint density at radius 3 is 2.79 bits per heavy atom. The van der Waals surface area contributed by atoms with Gasteiger partial charge in [-0.1, -0.05) is 0 Å².